The van der Waals surface area contributed by atoms with Crippen molar-refractivity contribution in [3.05, 3.63) is 42.0 Å². The molecule has 9 heteroatoms. The molecule has 0 unspecified atom stereocenters. The van der Waals surface area contributed by atoms with Gasteiger partial charge in [-0.25, -0.2) is 9.98 Å². The van der Waals surface area contributed by atoms with Crippen LogP contribution in [0.5, 0.6) is 11.5 Å². The van der Waals surface area contributed by atoms with Crippen LogP contribution in [0.1, 0.15) is 32.2 Å². The summed E-state index contributed by atoms with van der Waals surface area (Å²) in [6.45, 7) is 13.7. The monoisotopic (exact) mass is 570 g/mol. The highest BCUT2D eigenvalue weighted by molar-refractivity contribution is 14.0. The van der Waals surface area contributed by atoms with Gasteiger partial charge in [-0.05, 0) is 30.5 Å². The molecule has 1 aliphatic rings. The fourth-order valence-corrected chi connectivity index (χ4v) is 3.98. The Labute approximate surface area is 215 Å². The van der Waals surface area contributed by atoms with Gasteiger partial charge in [0.15, 0.2) is 17.5 Å². The number of guanidine groups is 1. The fourth-order valence-electron chi connectivity index (χ4n) is 3.98. The molecule has 0 radical (unpaired) electrons. The first kappa shape index (κ1) is 27.2. The predicted octanol–water partition coefficient (Wildman–Crippen LogP) is 3.46. The zero-order valence-electron chi connectivity index (χ0n) is 20.6. The second-order valence-corrected chi connectivity index (χ2v) is 8.51. The fraction of sp³-hybridized carbons (Fsp3) is 0.583. The molecule has 1 fully saturated rings. The first-order chi connectivity index (χ1) is 15.5. The molecule has 0 spiro atoms. The van der Waals surface area contributed by atoms with E-state index >= 15 is 0 Å². The molecule has 1 aromatic heterocycles. The van der Waals surface area contributed by atoms with Gasteiger partial charge in [0.2, 0.25) is 0 Å². The molecule has 0 saturated carbocycles. The largest absolute Gasteiger partial charge is 0.493 e. The normalized spacial score (nSPS) is 14.8. The molecule has 2 aromatic rings. The lowest BCUT2D eigenvalue weighted by molar-refractivity contribution is 0.172. The highest BCUT2D eigenvalue weighted by atomic mass is 127. The summed E-state index contributed by atoms with van der Waals surface area (Å²) in [5.41, 5.74) is 1.23. The highest BCUT2D eigenvalue weighted by Crippen LogP contribution is 2.28. The van der Waals surface area contributed by atoms with Crippen LogP contribution < -0.4 is 14.8 Å². The number of methoxy groups -OCH3 is 2. The maximum atomic E-state index is 5.45. The summed E-state index contributed by atoms with van der Waals surface area (Å²) < 4.78 is 13.0. The first-order valence-corrected chi connectivity index (χ1v) is 11.5. The summed E-state index contributed by atoms with van der Waals surface area (Å²) in [5, 5.41) is 3.46. The van der Waals surface area contributed by atoms with Crippen molar-refractivity contribution in [2.75, 3.05) is 46.9 Å². The van der Waals surface area contributed by atoms with Crippen molar-refractivity contribution in [2.45, 2.75) is 40.4 Å². The number of nitrogens with one attached hydrogen (secondary N) is 1. The summed E-state index contributed by atoms with van der Waals surface area (Å²) in [5.74, 6) is 4.11. The zero-order chi connectivity index (χ0) is 22.9. The molecule has 1 saturated heterocycles. The van der Waals surface area contributed by atoms with Gasteiger partial charge >= 0.3 is 0 Å². The molecule has 1 aliphatic heterocycles. The second kappa shape index (κ2) is 13.6. The number of aromatic nitrogens is 2. The van der Waals surface area contributed by atoms with E-state index in [1.807, 2.05) is 18.5 Å². The molecule has 33 heavy (non-hydrogen) atoms. The lowest BCUT2D eigenvalue weighted by atomic mass is 10.1. The van der Waals surface area contributed by atoms with Gasteiger partial charge in [0, 0.05) is 58.2 Å². The van der Waals surface area contributed by atoms with Gasteiger partial charge in [-0.3, -0.25) is 4.90 Å². The van der Waals surface area contributed by atoms with Crippen LogP contribution in [-0.2, 0) is 19.6 Å². The Morgan fingerprint density at radius 2 is 1.85 bits per heavy atom. The van der Waals surface area contributed by atoms with Crippen LogP contribution >= 0.6 is 24.0 Å². The van der Waals surface area contributed by atoms with E-state index in [9.17, 15) is 0 Å². The van der Waals surface area contributed by atoms with Gasteiger partial charge in [-0.15, -0.1) is 24.0 Å². The van der Waals surface area contributed by atoms with Crippen molar-refractivity contribution in [2.24, 2.45) is 10.9 Å². The Morgan fingerprint density at radius 1 is 1.12 bits per heavy atom. The number of halogens is 1. The molecular formula is C24H39IN6O2. The maximum absolute atomic E-state index is 5.45. The van der Waals surface area contributed by atoms with E-state index in [0.29, 0.717) is 12.5 Å². The topological polar surface area (TPSA) is 67.2 Å². The number of rotatable bonds is 9. The molecule has 184 valence electrons. The van der Waals surface area contributed by atoms with Crippen LogP contribution in [0, 0.1) is 5.92 Å². The van der Waals surface area contributed by atoms with Crippen LogP contribution in [0.2, 0.25) is 0 Å². The predicted molar refractivity (Wildman–Crippen MR) is 144 cm³/mol. The van der Waals surface area contributed by atoms with Crippen LogP contribution in [0.15, 0.2) is 35.6 Å². The minimum absolute atomic E-state index is 0. The molecule has 1 N–H and O–H groups in total. The van der Waals surface area contributed by atoms with Crippen molar-refractivity contribution in [1.82, 2.24) is 24.7 Å². The van der Waals surface area contributed by atoms with Crippen LogP contribution in [0.3, 0.4) is 0 Å². The highest BCUT2D eigenvalue weighted by Gasteiger charge is 2.20. The molecule has 0 amide bonds. The summed E-state index contributed by atoms with van der Waals surface area (Å²) >= 11 is 0. The number of ether oxygens (including phenoxy) is 2. The molecule has 8 nitrogen and oxygen atoms in total. The Kier molecular flexibility index (Phi) is 11.3. The van der Waals surface area contributed by atoms with E-state index < -0.39 is 0 Å². The lowest BCUT2D eigenvalue weighted by Gasteiger charge is -2.36. The van der Waals surface area contributed by atoms with Crippen LogP contribution in [0.4, 0.5) is 0 Å². The summed E-state index contributed by atoms with van der Waals surface area (Å²) in [4.78, 5) is 14.2. The molecule has 2 heterocycles. The number of hydrogen-bond acceptors (Lipinski definition) is 5. The van der Waals surface area contributed by atoms with E-state index in [1.54, 1.807) is 14.2 Å². The van der Waals surface area contributed by atoms with Gasteiger partial charge in [0.05, 0.1) is 14.2 Å². The quantitative estimate of drug-likeness (QED) is 0.283. The second-order valence-electron chi connectivity index (χ2n) is 8.51. The van der Waals surface area contributed by atoms with Gasteiger partial charge in [0.1, 0.15) is 12.4 Å². The van der Waals surface area contributed by atoms with Gasteiger partial charge in [-0.1, -0.05) is 19.9 Å². The summed E-state index contributed by atoms with van der Waals surface area (Å²) in [6, 6.07) is 6.15. The Bertz CT molecular complexity index is 878. The number of imidazole rings is 1. The van der Waals surface area contributed by atoms with E-state index in [1.165, 1.54) is 5.56 Å². The summed E-state index contributed by atoms with van der Waals surface area (Å²) in [6.07, 6.45) is 3.91. The van der Waals surface area contributed by atoms with Crippen molar-refractivity contribution < 1.29 is 9.47 Å². The van der Waals surface area contributed by atoms with Crippen LogP contribution in [-0.4, -0.2) is 72.3 Å². The van der Waals surface area contributed by atoms with E-state index in [4.69, 9.17) is 14.5 Å². The SMILES string of the molecule is CCNC(=NCc1nccn1CC(C)C)N1CCN(Cc2ccc(OC)c(OC)c2)CC1.I. The third kappa shape index (κ3) is 7.77. The summed E-state index contributed by atoms with van der Waals surface area (Å²) in [7, 11) is 3.34. The Morgan fingerprint density at radius 3 is 2.48 bits per heavy atom. The van der Waals surface area contributed by atoms with Crippen molar-refractivity contribution in [1.29, 1.82) is 0 Å². The molecular weight excluding hydrogens is 531 g/mol. The standard InChI is InChI=1S/C24H38N6O2.HI/c1-6-25-24(27-16-23-26-9-10-30(23)17-19(2)3)29-13-11-28(12-14-29)18-20-7-8-21(31-4)22(15-20)32-5;/h7-10,15,19H,6,11-14,16-18H2,1-5H3,(H,25,27);1H. The lowest BCUT2D eigenvalue weighted by Crippen LogP contribution is -2.52. The third-order valence-electron chi connectivity index (χ3n) is 5.59. The van der Waals surface area contributed by atoms with Gasteiger partial charge in [0.25, 0.3) is 0 Å². The van der Waals surface area contributed by atoms with Crippen molar-refractivity contribution >= 4 is 29.9 Å². The van der Waals surface area contributed by atoms with Crippen LogP contribution in [0.25, 0.3) is 0 Å². The van der Waals surface area contributed by atoms with Crippen molar-refractivity contribution in [3.63, 3.8) is 0 Å². The number of benzene rings is 1. The average molecular weight is 571 g/mol. The van der Waals surface area contributed by atoms with E-state index in [-0.39, 0.29) is 24.0 Å². The van der Waals surface area contributed by atoms with E-state index in [0.717, 1.165) is 69.1 Å². The smallest absolute Gasteiger partial charge is 0.194 e. The third-order valence-corrected chi connectivity index (χ3v) is 5.59. The first-order valence-electron chi connectivity index (χ1n) is 11.5. The minimum Gasteiger partial charge on any atom is -0.493 e. The van der Waals surface area contributed by atoms with E-state index in [2.05, 4.69) is 57.6 Å². The van der Waals surface area contributed by atoms with Gasteiger partial charge < -0.3 is 24.3 Å². The molecule has 0 aliphatic carbocycles. The molecule has 3 rings (SSSR count). The van der Waals surface area contributed by atoms with Crippen molar-refractivity contribution in [3.8, 4) is 11.5 Å². The maximum Gasteiger partial charge on any atom is 0.194 e. The Hall–Kier alpha value is -2.01. The number of piperazine rings is 1. The zero-order valence-corrected chi connectivity index (χ0v) is 22.9. The number of nitrogens with zero attached hydrogens (tertiary/aromatic N) is 5. The number of hydrogen-bond donors (Lipinski definition) is 1. The Balaban J connectivity index is 0.00000385. The average Bonchev–Trinajstić information content (AvgIpc) is 3.23. The molecule has 0 bridgehead atoms. The molecule has 0 atom stereocenters. The molecule has 1 aromatic carbocycles. The number of aliphatic imine (C=N–C) groups is 1. The van der Waals surface area contributed by atoms with Gasteiger partial charge in [-0.2, -0.15) is 0 Å². The minimum atomic E-state index is 0.